The van der Waals surface area contributed by atoms with Crippen LogP contribution in [0.3, 0.4) is 0 Å². The Bertz CT molecular complexity index is 968. The Morgan fingerprint density at radius 2 is 1.46 bits per heavy atom. The van der Waals surface area contributed by atoms with Crippen molar-refractivity contribution in [1.29, 1.82) is 0 Å². The third-order valence-corrected chi connectivity index (χ3v) is 4.21. The van der Waals surface area contributed by atoms with E-state index in [1.54, 1.807) is 45.6 Å². The molecule has 4 heteroatoms. The number of fused-ring (bicyclic) bond motifs is 1. The molecule has 0 aromatic heterocycles. The number of hydrogen-bond donors (Lipinski definition) is 0. The third kappa shape index (κ3) is 3.40. The largest absolute Gasteiger partial charge is 0.496 e. The summed E-state index contributed by atoms with van der Waals surface area (Å²) in [4.78, 5) is 12.7. The molecule has 0 aliphatic carbocycles. The number of benzene rings is 3. The molecule has 0 aliphatic heterocycles. The summed E-state index contributed by atoms with van der Waals surface area (Å²) in [6, 6.07) is 17.1. The van der Waals surface area contributed by atoms with Crippen LogP contribution in [0.5, 0.6) is 17.2 Å². The Kier molecular flexibility index (Phi) is 5.23. The van der Waals surface area contributed by atoms with Crippen molar-refractivity contribution in [3.63, 3.8) is 0 Å². The number of carbonyl (C=O) groups is 1. The van der Waals surface area contributed by atoms with Crippen LogP contribution in [0, 0.1) is 0 Å². The number of hydrogen-bond acceptors (Lipinski definition) is 4. The zero-order valence-corrected chi connectivity index (χ0v) is 15.0. The standard InChI is InChI=1S/C22H20O4/c1-24-20-14-22(26-3)21(25-2)13-16(20)11-12-19(23)18-10-6-8-15-7-4-5-9-17(15)18/h4-14H,1-3H3/b12-11+. The second-order valence-electron chi connectivity index (χ2n) is 5.67. The van der Waals surface area contributed by atoms with E-state index in [0.29, 0.717) is 22.8 Å². The molecular formula is C22H20O4. The van der Waals surface area contributed by atoms with E-state index < -0.39 is 0 Å². The van der Waals surface area contributed by atoms with Gasteiger partial charge in [0.1, 0.15) is 5.75 Å². The quantitative estimate of drug-likeness (QED) is 0.476. The average Bonchev–Trinajstić information content (AvgIpc) is 2.70. The van der Waals surface area contributed by atoms with Crippen molar-refractivity contribution < 1.29 is 19.0 Å². The van der Waals surface area contributed by atoms with Gasteiger partial charge in [-0.1, -0.05) is 42.5 Å². The molecule has 0 atom stereocenters. The number of methoxy groups -OCH3 is 3. The van der Waals surface area contributed by atoms with E-state index in [-0.39, 0.29) is 5.78 Å². The molecule has 0 N–H and O–H groups in total. The normalized spacial score (nSPS) is 10.9. The molecule has 0 amide bonds. The molecule has 0 saturated carbocycles. The van der Waals surface area contributed by atoms with E-state index in [0.717, 1.165) is 16.3 Å². The van der Waals surface area contributed by atoms with Crippen LogP contribution in [-0.4, -0.2) is 27.1 Å². The van der Waals surface area contributed by atoms with Gasteiger partial charge >= 0.3 is 0 Å². The monoisotopic (exact) mass is 348 g/mol. The van der Waals surface area contributed by atoms with Gasteiger partial charge in [-0.3, -0.25) is 4.79 Å². The van der Waals surface area contributed by atoms with Crippen LogP contribution in [-0.2, 0) is 0 Å². The van der Waals surface area contributed by atoms with Gasteiger partial charge in [0.2, 0.25) is 0 Å². The molecular weight excluding hydrogens is 328 g/mol. The topological polar surface area (TPSA) is 44.8 Å². The SMILES string of the molecule is COc1cc(OC)c(OC)cc1/C=C/C(=O)c1cccc2ccccc12. The van der Waals surface area contributed by atoms with Crippen molar-refractivity contribution in [1.82, 2.24) is 0 Å². The number of rotatable bonds is 6. The Morgan fingerprint density at radius 1 is 0.808 bits per heavy atom. The van der Waals surface area contributed by atoms with Gasteiger partial charge in [-0.2, -0.15) is 0 Å². The van der Waals surface area contributed by atoms with E-state index in [4.69, 9.17) is 14.2 Å². The Morgan fingerprint density at radius 3 is 2.19 bits per heavy atom. The van der Waals surface area contributed by atoms with Crippen molar-refractivity contribution in [3.8, 4) is 17.2 Å². The first kappa shape index (κ1) is 17.5. The van der Waals surface area contributed by atoms with E-state index in [2.05, 4.69) is 0 Å². The smallest absolute Gasteiger partial charge is 0.186 e. The molecule has 0 aliphatic rings. The van der Waals surface area contributed by atoms with Gasteiger partial charge in [0, 0.05) is 17.2 Å². The molecule has 3 rings (SSSR count). The van der Waals surface area contributed by atoms with Gasteiger partial charge in [-0.05, 0) is 29.0 Å². The van der Waals surface area contributed by atoms with Crippen molar-refractivity contribution in [3.05, 3.63) is 71.8 Å². The van der Waals surface area contributed by atoms with Crippen LogP contribution in [0.1, 0.15) is 15.9 Å². The predicted molar refractivity (Wildman–Crippen MR) is 103 cm³/mol. The summed E-state index contributed by atoms with van der Waals surface area (Å²) in [6.07, 6.45) is 3.27. The van der Waals surface area contributed by atoms with Gasteiger partial charge in [0.05, 0.1) is 21.3 Å². The van der Waals surface area contributed by atoms with Crippen LogP contribution < -0.4 is 14.2 Å². The molecule has 0 heterocycles. The fourth-order valence-electron chi connectivity index (χ4n) is 2.88. The fourth-order valence-corrected chi connectivity index (χ4v) is 2.88. The number of ketones is 1. The second kappa shape index (κ2) is 7.74. The molecule has 0 radical (unpaired) electrons. The van der Waals surface area contributed by atoms with Gasteiger partial charge in [-0.15, -0.1) is 0 Å². The van der Waals surface area contributed by atoms with Crippen LogP contribution in [0.25, 0.3) is 16.8 Å². The molecule has 0 fully saturated rings. The second-order valence-corrected chi connectivity index (χ2v) is 5.67. The first-order valence-electron chi connectivity index (χ1n) is 8.18. The summed E-state index contributed by atoms with van der Waals surface area (Å²) in [7, 11) is 4.71. The van der Waals surface area contributed by atoms with Crippen LogP contribution in [0.15, 0.2) is 60.7 Å². The van der Waals surface area contributed by atoms with Crippen molar-refractivity contribution >= 4 is 22.6 Å². The molecule has 3 aromatic carbocycles. The number of ether oxygens (including phenoxy) is 3. The molecule has 132 valence electrons. The lowest BCUT2D eigenvalue weighted by atomic mass is 10.0. The van der Waals surface area contributed by atoms with Crippen LogP contribution in [0.4, 0.5) is 0 Å². The highest BCUT2D eigenvalue weighted by atomic mass is 16.5. The van der Waals surface area contributed by atoms with Crippen LogP contribution in [0.2, 0.25) is 0 Å². The van der Waals surface area contributed by atoms with E-state index in [1.807, 2.05) is 42.5 Å². The van der Waals surface area contributed by atoms with Crippen molar-refractivity contribution in [2.24, 2.45) is 0 Å². The van der Waals surface area contributed by atoms with Crippen molar-refractivity contribution in [2.45, 2.75) is 0 Å². The lowest BCUT2D eigenvalue weighted by Crippen LogP contribution is -1.97. The zero-order valence-electron chi connectivity index (χ0n) is 15.0. The first-order valence-corrected chi connectivity index (χ1v) is 8.18. The summed E-state index contributed by atoms with van der Waals surface area (Å²) in [6.45, 7) is 0. The summed E-state index contributed by atoms with van der Waals surface area (Å²) >= 11 is 0. The maximum absolute atomic E-state index is 12.7. The Balaban J connectivity index is 1.97. The summed E-state index contributed by atoms with van der Waals surface area (Å²) < 4.78 is 16.0. The Hall–Kier alpha value is -3.27. The number of carbonyl (C=O) groups excluding carboxylic acids is 1. The molecule has 0 bridgehead atoms. The van der Waals surface area contributed by atoms with E-state index >= 15 is 0 Å². The highest BCUT2D eigenvalue weighted by Gasteiger charge is 2.11. The molecule has 26 heavy (non-hydrogen) atoms. The fraction of sp³-hybridized carbons (Fsp3) is 0.136. The maximum Gasteiger partial charge on any atom is 0.186 e. The molecule has 0 unspecified atom stereocenters. The summed E-state index contributed by atoms with van der Waals surface area (Å²) in [5.74, 6) is 1.68. The zero-order chi connectivity index (χ0) is 18.5. The van der Waals surface area contributed by atoms with Gasteiger partial charge < -0.3 is 14.2 Å². The highest BCUT2D eigenvalue weighted by molar-refractivity contribution is 6.14. The minimum absolute atomic E-state index is 0.0707. The van der Waals surface area contributed by atoms with E-state index in [9.17, 15) is 4.79 Å². The average molecular weight is 348 g/mol. The molecule has 3 aromatic rings. The summed E-state index contributed by atoms with van der Waals surface area (Å²) in [5, 5.41) is 1.97. The lowest BCUT2D eigenvalue weighted by Gasteiger charge is -2.12. The molecule has 0 spiro atoms. The highest BCUT2D eigenvalue weighted by Crippen LogP contribution is 2.35. The summed E-state index contributed by atoms with van der Waals surface area (Å²) in [5.41, 5.74) is 1.40. The number of allylic oxidation sites excluding steroid dienone is 1. The molecule has 4 nitrogen and oxygen atoms in total. The van der Waals surface area contributed by atoms with E-state index in [1.165, 1.54) is 0 Å². The first-order chi connectivity index (χ1) is 12.7. The minimum Gasteiger partial charge on any atom is -0.496 e. The maximum atomic E-state index is 12.7. The van der Waals surface area contributed by atoms with Gasteiger partial charge in [0.25, 0.3) is 0 Å². The Labute approximate surface area is 152 Å². The third-order valence-electron chi connectivity index (χ3n) is 4.21. The van der Waals surface area contributed by atoms with Gasteiger partial charge in [-0.25, -0.2) is 0 Å². The van der Waals surface area contributed by atoms with Crippen LogP contribution >= 0.6 is 0 Å². The molecule has 0 saturated heterocycles. The van der Waals surface area contributed by atoms with Crippen molar-refractivity contribution in [2.75, 3.05) is 21.3 Å². The predicted octanol–water partition coefficient (Wildman–Crippen LogP) is 4.76. The van der Waals surface area contributed by atoms with Gasteiger partial charge in [0.15, 0.2) is 17.3 Å². The minimum atomic E-state index is -0.0707. The lowest BCUT2D eigenvalue weighted by molar-refractivity contribution is 0.104.